The van der Waals surface area contributed by atoms with Gasteiger partial charge in [0.05, 0.1) is 11.3 Å². The van der Waals surface area contributed by atoms with Crippen molar-refractivity contribution in [3.63, 3.8) is 0 Å². The molecule has 132 valence electrons. The molecule has 0 saturated carbocycles. The summed E-state index contributed by atoms with van der Waals surface area (Å²) < 4.78 is 20.0. The van der Waals surface area contributed by atoms with Gasteiger partial charge in [0.2, 0.25) is 0 Å². The quantitative estimate of drug-likeness (QED) is 0.854. The van der Waals surface area contributed by atoms with Gasteiger partial charge in [0, 0.05) is 17.3 Å². The number of hydrogen-bond donors (Lipinski definition) is 1. The Morgan fingerprint density at radius 2 is 2.08 bits per heavy atom. The standard InChI is InChI=1S/C20H24FN3O/c1-13(2)10-20(4,23)12-25-18-6-5-15(9-16(18)11-22)17-7-8-24-14(3)19(17)21/h5-9,13H,10,12,23H2,1-4H3. The minimum atomic E-state index is -0.478. The lowest BCUT2D eigenvalue weighted by atomic mass is 9.93. The van der Waals surface area contributed by atoms with Crippen LogP contribution >= 0.6 is 0 Å². The van der Waals surface area contributed by atoms with Crippen LogP contribution in [-0.4, -0.2) is 17.1 Å². The highest BCUT2D eigenvalue weighted by Gasteiger charge is 2.22. The van der Waals surface area contributed by atoms with E-state index in [1.807, 2.05) is 6.92 Å². The summed E-state index contributed by atoms with van der Waals surface area (Å²) in [5, 5.41) is 9.42. The van der Waals surface area contributed by atoms with E-state index in [0.29, 0.717) is 40.7 Å². The number of ether oxygens (including phenoxy) is 1. The zero-order chi connectivity index (χ0) is 18.6. The van der Waals surface area contributed by atoms with Crippen LogP contribution in [0.1, 0.15) is 38.4 Å². The van der Waals surface area contributed by atoms with Gasteiger partial charge in [-0.3, -0.25) is 4.98 Å². The Labute approximate surface area is 148 Å². The number of aryl methyl sites for hydroxylation is 1. The van der Waals surface area contributed by atoms with Crippen LogP contribution in [0.15, 0.2) is 30.5 Å². The Morgan fingerprint density at radius 1 is 1.36 bits per heavy atom. The van der Waals surface area contributed by atoms with Crippen molar-refractivity contribution in [2.75, 3.05) is 6.61 Å². The molecule has 0 aliphatic heterocycles. The van der Waals surface area contributed by atoms with Gasteiger partial charge in [0.25, 0.3) is 0 Å². The van der Waals surface area contributed by atoms with Gasteiger partial charge in [-0.05, 0) is 49.9 Å². The lowest BCUT2D eigenvalue weighted by Gasteiger charge is -2.26. The molecule has 0 aliphatic carbocycles. The van der Waals surface area contributed by atoms with Crippen LogP contribution in [0.2, 0.25) is 0 Å². The highest BCUT2D eigenvalue weighted by molar-refractivity contribution is 5.68. The molecular weight excluding hydrogens is 317 g/mol. The Hall–Kier alpha value is -2.45. The second-order valence-corrected chi connectivity index (χ2v) is 7.12. The van der Waals surface area contributed by atoms with Gasteiger partial charge in [0.15, 0.2) is 5.82 Å². The van der Waals surface area contributed by atoms with Crippen molar-refractivity contribution in [3.05, 3.63) is 47.5 Å². The first-order chi connectivity index (χ1) is 11.7. The number of halogens is 1. The molecule has 2 N–H and O–H groups in total. The first kappa shape index (κ1) is 18.9. The molecule has 0 radical (unpaired) electrons. The summed E-state index contributed by atoms with van der Waals surface area (Å²) in [4.78, 5) is 3.93. The van der Waals surface area contributed by atoms with Gasteiger partial charge in [-0.2, -0.15) is 5.26 Å². The molecule has 2 aromatic rings. The van der Waals surface area contributed by atoms with Crippen molar-refractivity contribution < 1.29 is 9.13 Å². The molecule has 1 aromatic carbocycles. The second kappa shape index (κ2) is 7.62. The zero-order valence-corrected chi connectivity index (χ0v) is 15.1. The molecule has 1 unspecified atom stereocenters. The SMILES string of the molecule is Cc1nccc(-c2ccc(OCC(C)(N)CC(C)C)c(C#N)c2)c1F. The Bertz CT molecular complexity index is 794. The monoisotopic (exact) mass is 341 g/mol. The van der Waals surface area contributed by atoms with Gasteiger partial charge in [0.1, 0.15) is 18.4 Å². The molecule has 0 aliphatic rings. The minimum Gasteiger partial charge on any atom is -0.490 e. The number of aromatic nitrogens is 1. The van der Waals surface area contributed by atoms with E-state index in [1.54, 1.807) is 37.4 Å². The fourth-order valence-electron chi connectivity index (χ4n) is 2.92. The summed E-state index contributed by atoms with van der Waals surface area (Å²) >= 11 is 0. The number of rotatable bonds is 6. The van der Waals surface area contributed by atoms with Crippen LogP contribution in [0.25, 0.3) is 11.1 Å². The van der Waals surface area contributed by atoms with Gasteiger partial charge in [-0.15, -0.1) is 0 Å². The number of hydrogen-bond acceptors (Lipinski definition) is 4. The van der Waals surface area contributed by atoms with E-state index in [-0.39, 0.29) is 5.82 Å². The molecule has 0 amide bonds. The summed E-state index contributed by atoms with van der Waals surface area (Å²) in [7, 11) is 0. The minimum absolute atomic E-state index is 0.307. The van der Waals surface area contributed by atoms with E-state index in [9.17, 15) is 9.65 Å². The third-order valence-electron chi connectivity index (χ3n) is 3.91. The predicted molar refractivity (Wildman–Crippen MR) is 96.6 cm³/mol. The Morgan fingerprint density at radius 3 is 2.72 bits per heavy atom. The van der Waals surface area contributed by atoms with Gasteiger partial charge >= 0.3 is 0 Å². The smallest absolute Gasteiger partial charge is 0.152 e. The van der Waals surface area contributed by atoms with E-state index in [2.05, 4.69) is 24.9 Å². The molecule has 1 atom stereocenters. The number of nitriles is 1. The van der Waals surface area contributed by atoms with Crippen LogP contribution < -0.4 is 10.5 Å². The number of pyridine rings is 1. The third-order valence-corrected chi connectivity index (χ3v) is 3.91. The Balaban J connectivity index is 2.26. The fourth-order valence-corrected chi connectivity index (χ4v) is 2.92. The molecule has 2 rings (SSSR count). The summed E-state index contributed by atoms with van der Waals surface area (Å²) in [5.74, 6) is 0.527. The van der Waals surface area contributed by atoms with E-state index >= 15 is 0 Å². The van der Waals surface area contributed by atoms with E-state index in [4.69, 9.17) is 10.5 Å². The summed E-state index contributed by atoms with van der Waals surface area (Å²) in [5.41, 5.74) is 7.48. The molecule has 1 heterocycles. The summed E-state index contributed by atoms with van der Waals surface area (Å²) in [6, 6.07) is 8.77. The molecular formula is C20H24FN3O. The zero-order valence-electron chi connectivity index (χ0n) is 15.1. The second-order valence-electron chi connectivity index (χ2n) is 7.12. The van der Waals surface area contributed by atoms with E-state index in [0.717, 1.165) is 6.42 Å². The topological polar surface area (TPSA) is 71.9 Å². The summed E-state index contributed by atoms with van der Waals surface area (Å²) in [6.45, 7) is 8.06. The summed E-state index contributed by atoms with van der Waals surface area (Å²) in [6.07, 6.45) is 2.37. The van der Waals surface area contributed by atoms with Crippen LogP contribution in [-0.2, 0) is 0 Å². The maximum atomic E-state index is 14.3. The molecule has 0 spiro atoms. The van der Waals surface area contributed by atoms with Crippen molar-refractivity contribution >= 4 is 0 Å². The van der Waals surface area contributed by atoms with Crippen molar-refractivity contribution in [1.82, 2.24) is 4.98 Å². The molecule has 0 bridgehead atoms. The largest absolute Gasteiger partial charge is 0.490 e. The lowest BCUT2D eigenvalue weighted by molar-refractivity contribution is 0.206. The normalized spacial score (nSPS) is 13.4. The van der Waals surface area contributed by atoms with Crippen molar-refractivity contribution in [2.45, 2.75) is 39.7 Å². The highest BCUT2D eigenvalue weighted by atomic mass is 19.1. The van der Waals surface area contributed by atoms with Crippen LogP contribution in [0, 0.1) is 30.0 Å². The van der Waals surface area contributed by atoms with Crippen molar-refractivity contribution in [3.8, 4) is 22.9 Å². The average Bonchev–Trinajstić information content (AvgIpc) is 2.54. The molecule has 4 nitrogen and oxygen atoms in total. The average molecular weight is 341 g/mol. The first-order valence-electron chi connectivity index (χ1n) is 8.31. The maximum absolute atomic E-state index is 14.3. The van der Waals surface area contributed by atoms with Gasteiger partial charge in [-0.25, -0.2) is 4.39 Å². The fraction of sp³-hybridized carbons (Fsp3) is 0.400. The van der Waals surface area contributed by atoms with Crippen molar-refractivity contribution in [1.29, 1.82) is 5.26 Å². The first-order valence-corrected chi connectivity index (χ1v) is 8.31. The Kier molecular flexibility index (Phi) is 5.76. The number of benzene rings is 1. The van der Waals surface area contributed by atoms with Crippen LogP contribution in [0.4, 0.5) is 4.39 Å². The number of nitrogens with two attached hydrogens (primary N) is 1. The third kappa shape index (κ3) is 4.77. The van der Waals surface area contributed by atoms with E-state index in [1.165, 1.54) is 0 Å². The van der Waals surface area contributed by atoms with Crippen LogP contribution in [0.5, 0.6) is 5.75 Å². The molecule has 1 aromatic heterocycles. The van der Waals surface area contributed by atoms with Crippen molar-refractivity contribution in [2.24, 2.45) is 11.7 Å². The number of nitrogens with zero attached hydrogens (tertiary/aromatic N) is 2. The van der Waals surface area contributed by atoms with E-state index < -0.39 is 5.54 Å². The van der Waals surface area contributed by atoms with Gasteiger partial charge in [-0.1, -0.05) is 19.9 Å². The molecule has 5 heteroatoms. The van der Waals surface area contributed by atoms with Crippen LogP contribution in [0.3, 0.4) is 0 Å². The lowest BCUT2D eigenvalue weighted by Crippen LogP contribution is -2.43. The molecule has 0 saturated heterocycles. The highest BCUT2D eigenvalue weighted by Crippen LogP contribution is 2.29. The van der Waals surface area contributed by atoms with Gasteiger partial charge < -0.3 is 10.5 Å². The molecule has 25 heavy (non-hydrogen) atoms. The molecule has 0 fully saturated rings. The predicted octanol–water partition coefficient (Wildman–Crippen LogP) is 4.21. The maximum Gasteiger partial charge on any atom is 0.152 e.